The smallest absolute Gasteiger partial charge is 0.355 e. The van der Waals surface area contributed by atoms with Crippen molar-refractivity contribution in [2.45, 2.75) is 25.2 Å². The molecule has 0 fully saturated rings. The topological polar surface area (TPSA) is 77.9 Å². The fourth-order valence-electron chi connectivity index (χ4n) is 1.15. The van der Waals surface area contributed by atoms with Crippen LogP contribution in [0, 0.1) is 5.92 Å². The Balaban J connectivity index is 4.32. The van der Waals surface area contributed by atoms with Gasteiger partial charge in [-0.2, -0.15) is 26.3 Å². The third-order valence-electron chi connectivity index (χ3n) is 1.96. The molecule has 5 nitrogen and oxygen atoms in total. The van der Waals surface area contributed by atoms with Crippen LogP contribution in [0.2, 0.25) is 0 Å². The molecule has 1 amide bonds. The zero-order valence-corrected chi connectivity index (χ0v) is 9.42. The quantitative estimate of drug-likeness (QED) is 0.264. The zero-order valence-electron chi connectivity index (χ0n) is 9.42. The van der Waals surface area contributed by atoms with Gasteiger partial charge in [-0.25, -0.2) is 0 Å². The van der Waals surface area contributed by atoms with Gasteiger partial charge in [-0.05, 0) is 18.4 Å². The van der Waals surface area contributed by atoms with Crippen molar-refractivity contribution in [3.63, 3.8) is 0 Å². The number of halogens is 6. The fraction of sp³-hybridized carbons (Fsp3) is 0.875. The second-order valence-corrected chi connectivity index (χ2v) is 3.47. The van der Waals surface area contributed by atoms with E-state index in [2.05, 4.69) is 10.0 Å². The number of carbonyl (C=O) groups is 1. The predicted octanol–water partition coefficient (Wildman–Crippen LogP) is 2.93. The van der Waals surface area contributed by atoms with Crippen LogP contribution in [0.3, 0.4) is 0 Å². The molecular formula is C8H10F6N4O. The first-order valence-corrected chi connectivity index (χ1v) is 5.02. The Morgan fingerprint density at radius 3 is 2.11 bits per heavy atom. The lowest BCUT2D eigenvalue weighted by atomic mass is 10.1. The van der Waals surface area contributed by atoms with Crippen LogP contribution >= 0.6 is 0 Å². The summed E-state index contributed by atoms with van der Waals surface area (Å²) in [5, 5.41) is 4.67. The van der Waals surface area contributed by atoms with Crippen molar-refractivity contribution in [2.24, 2.45) is 11.0 Å². The van der Waals surface area contributed by atoms with E-state index in [9.17, 15) is 31.1 Å². The average Bonchev–Trinajstić information content (AvgIpc) is 2.18. The average molecular weight is 292 g/mol. The number of nitrogens with zero attached hydrogens (tertiary/aromatic N) is 3. The highest BCUT2D eigenvalue weighted by Crippen LogP contribution is 2.39. The number of unbranched alkanes of at least 4 members (excludes halogenated alkanes) is 1. The van der Waals surface area contributed by atoms with Crippen molar-refractivity contribution in [2.75, 3.05) is 13.1 Å². The maximum Gasteiger partial charge on any atom is 0.409 e. The van der Waals surface area contributed by atoms with Crippen molar-refractivity contribution in [1.82, 2.24) is 5.32 Å². The summed E-state index contributed by atoms with van der Waals surface area (Å²) in [6, 6.07) is 0. The molecule has 0 aliphatic carbocycles. The molecule has 0 atom stereocenters. The number of nitrogens with one attached hydrogen (secondary N) is 1. The van der Waals surface area contributed by atoms with E-state index in [1.165, 1.54) is 0 Å². The summed E-state index contributed by atoms with van der Waals surface area (Å²) in [5.74, 6) is -6.17. The minimum atomic E-state index is -5.69. The number of rotatable bonds is 6. The van der Waals surface area contributed by atoms with Crippen molar-refractivity contribution in [3.8, 4) is 0 Å². The van der Waals surface area contributed by atoms with Gasteiger partial charge in [-0.3, -0.25) is 4.79 Å². The van der Waals surface area contributed by atoms with Crippen molar-refractivity contribution in [3.05, 3.63) is 10.4 Å². The third kappa shape index (κ3) is 6.75. The lowest BCUT2D eigenvalue weighted by Gasteiger charge is -2.21. The number of azide groups is 1. The largest absolute Gasteiger partial charge is 0.409 e. The van der Waals surface area contributed by atoms with Gasteiger partial charge in [-0.1, -0.05) is 5.11 Å². The lowest BCUT2D eigenvalue weighted by molar-refractivity contribution is -0.274. The Bertz CT molecular complexity index is 332. The molecule has 0 unspecified atom stereocenters. The molecule has 0 spiro atoms. The number of amides is 1. The molecule has 110 valence electrons. The molecule has 1 N–H and O–H groups in total. The van der Waals surface area contributed by atoms with Crippen LogP contribution in [0.5, 0.6) is 0 Å². The standard InChI is InChI=1S/C8H10F6N4O/c9-7(10,11)5(8(12,13)14)6(19)16-3-1-2-4-17-18-15/h5H,1-4H2,(H,16,19). The first-order chi connectivity index (χ1) is 8.60. The monoisotopic (exact) mass is 292 g/mol. The van der Waals surface area contributed by atoms with Gasteiger partial charge in [0.25, 0.3) is 0 Å². The Morgan fingerprint density at radius 1 is 1.16 bits per heavy atom. The molecule has 0 aliphatic rings. The molecule has 0 saturated heterocycles. The molecule has 19 heavy (non-hydrogen) atoms. The van der Waals surface area contributed by atoms with E-state index in [4.69, 9.17) is 5.53 Å². The van der Waals surface area contributed by atoms with Crippen LogP contribution < -0.4 is 5.32 Å². The number of alkyl halides is 6. The van der Waals surface area contributed by atoms with E-state index in [-0.39, 0.29) is 25.9 Å². The number of hydrogen-bond acceptors (Lipinski definition) is 2. The first kappa shape index (κ1) is 17.4. The summed E-state index contributed by atoms with van der Waals surface area (Å²) in [6.45, 7) is -0.309. The van der Waals surface area contributed by atoms with Crippen LogP contribution in [0.15, 0.2) is 5.11 Å². The molecule has 0 rings (SSSR count). The van der Waals surface area contributed by atoms with Gasteiger partial charge in [0, 0.05) is 18.0 Å². The molecule has 0 aromatic heterocycles. The maximum atomic E-state index is 12.1. The van der Waals surface area contributed by atoms with E-state index in [0.29, 0.717) is 0 Å². The van der Waals surface area contributed by atoms with Gasteiger partial charge < -0.3 is 5.32 Å². The second kappa shape index (κ2) is 7.07. The Kier molecular flexibility index (Phi) is 6.46. The predicted molar refractivity (Wildman–Crippen MR) is 51.9 cm³/mol. The van der Waals surface area contributed by atoms with Crippen molar-refractivity contribution < 1.29 is 31.1 Å². The first-order valence-electron chi connectivity index (χ1n) is 5.02. The molecule has 0 aromatic carbocycles. The summed E-state index contributed by atoms with van der Waals surface area (Å²) in [4.78, 5) is 13.3. The van der Waals surface area contributed by atoms with E-state index >= 15 is 0 Å². The number of hydrogen-bond donors (Lipinski definition) is 1. The zero-order chi connectivity index (χ0) is 15.1. The lowest BCUT2D eigenvalue weighted by Crippen LogP contribution is -2.48. The molecule has 0 heterocycles. The van der Waals surface area contributed by atoms with Crippen LogP contribution in [0.1, 0.15) is 12.8 Å². The second-order valence-electron chi connectivity index (χ2n) is 3.47. The van der Waals surface area contributed by atoms with Crippen LogP contribution in [-0.4, -0.2) is 31.3 Å². The normalized spacial score (nSPS) is 12.2. The highest BCUT2D eigenvalue weighted by atomic mass is 19.4. The van der Waals surface area contributed by atoms with E-state index < -0.39 is 24.2 Å². The van der Waals surface area contributed by atoms with Gasteiger partial charge in [0.2, 0.25) is 11.8 Å². The highest BCUT2D eigenvalue weighted by molar-refractivity contribution is 5.80. The Labute approximate surface area is 103 Å². The van der Waals surface area contributed by atoms with Crippen LogP contribution in [-0.2, 0) is 4.79 Å². The van der Waals surface area contributed by atoms with Crippen LogP contribution in [0.4, 0.5) is 26.3 Å². The SMILES string of the molecule is [N-]=[N+]=NCCCCNC(=O)C(C(F)(F)F)C(F)(F)F. The van der Waals surface area contributed by atoms with E-state index in [1.54, 1.807) is 5.32 Å². The molecular weight excluding hydrogens is 282 g/mol. The maximum absolute atomic E-state index is 12.1. The minimum Gasteiger partial charge on any atom is -0.355 e. The Morgan fingerprint density at radius 2 is 1.68 bits per heavy atom. The van der Waals surface area contributed by atoms with Gasteiger partial charge >= 0.3 is 12.4 Å². The van der Waals surface area contributed by atoms with Gasteiger partial charge in [0.15, 0.2) is 0 Å². The van der Waals surface area contributed by atoms with Gasteiger partial charge in [-0.15, -0.1) is 0 Å². The number of carbonyl (C=O) groups excluding carboxylic acids is 1. The highest BCUT2D eigenvalue weighted by Gasteiger charge is 2.60. The van der Waals surface area contributed by atoms with E-state index in [0.717, 1.165) is 0 Å². The summed E-state index contributed by atoms with van der Waals surface area (Å²) in [7, 11) is 0. The van der Waals surface area contributed by atoms with Crippen molar-refractivity contribution in [1.29, 1.82) is 0 Å². The molecule has 0 aliphatic heterocycles. The molecule has 0 saturated carbocycles. The fourth-order valence-corrected chi connectivity index (χ4v) is 1.15. The molecule has 0 aromatic rings. The third-order valence-corrected chi connectivity index (χ3v) is 1.96. The minimum absolute atomic E-state index is 0.0499. The van der Waals surface area contributed by atoms with Crippen molar-refractivity contribution >= 4 is 5.91 Å². The van der Waals surface area contributed by atoms with Gasteiger partial charge in [0.05, 0.1) is 0 Å². The summed E-state index contributed by atoms with van der Waals surface area (Å²) < 4.78 is 72.6. The summed E-state index contributed by atoms with van der Waals surface area (Å²) in [5.41, 5.74) is 7.90. The molecule has 0 bridgehead atoms. The summed E-state index contributed by atoms with van der Waals surface area (Å²) in [6.07, 6.45) is -11.0. The Hall–Kier alpha value is -1.64. The summed E-state index contributed by atoms with van der Waals surface area (Å²) >= 11 is 0. The molecule has 0 radical (unpaired) electrons. The molecule has 11 heteroatoms. The van der Waals surface area contributed by atoms with Gasteiger partial charge in [0.1, 0.15) is 0 Å². The van der Waals surface area contributed by atoms with E-state index in [1.807, 2.05) is 0 Å². The van der Waals surface area contributed by atoms with Crippen LogP contribution in [0.25, 0.3) is 10.4 Å².